The van der Waals surface area contributed by atoms with Crippen molar-refractivity contribution in [1.29, 1.82) is 0 Å². The topological polar surface area (TPSA) is 149 Å². The Kier molecular flexibility index (Phi) is 54.4. The van der Waals surface area contributed by atoms with Crippen molar-refractivity contribution in [3.63, 3.8) is 0 Å². The summed E-state index contributed by atoms with van der Waals surface area (Å²) in [7, 11) is 0. The Morgan fingerprint density at radius 3 is 0.947 bits per heavy atom. The number of amides is 1. The second kappa shape index (κ2) is 56.5. The summed E-state index contributed by atoms with van der Waals surface area (Å²) >= 11 is 0. The highest BCUT2D eigenvalue weighted by Gasteiger charge is 2.44. The highest BCUT2D eigenvalue weighted by molar-refractivity contribution is 5.76. The number of hydrogen-bond donors (Lipinski definition) is 6. The fourth-order valence-corrected chi connectivity index (χ4v) is 11.4. The number of unbranched alkanes of at least 4 members (excludes halogenated alkanes) is 50. The van der Waals surface area contributed by atoms with Crippen molar-refractivity contribution in [3.8, 4) is 0 Å². The Morgan fingerprint density at radius 2 is 0.667 bits per heavy atom. The van der Waals surface area contributed by atoms with Crippen molar-refractivity contribution in [2.75, 3.05) is 13.2 Å². The Bertz CT molecular complexity index is 1140. The molecule has 6 N–H and O–H groups in total. The van der Waals surface area contributed by atoms with E-state index < -0.39 is 49.5 Å². The van der Waals surface area contributed by atoms with Crippen LogP contribution in [0.1, 0.15) is 361 Å². The molecular formula is C66H131NO8. The van der Waals surface area contributed by atoms with Gasteiger partial charge in [-0.3, -0.25) is 4.79 Å². The van der Waals surface area contributed by atoms with Gasteiger partial charge in [-0.15, -0.1) is 0 Å². The summed E-state index contributed by atoms with van der Waals surface area (Å²) in [5, 5.41) is 54.9. The van der Waals surface area contributed by atoms with Crippen molar-refractivity contribution in [1.82, 2.24) is 5.32 Å². The van der Waals surface area contributed by atoms with Crippen LogP contribution in [0, 0.1) is 0 Å². The zero-order valence-electron chi connectivity index (χ0n) is 50.1. The fourth-order valence-electron chi connectivity index (χ4n) is 11.4. The van der Waals surface area contributed by atoms with E-state index >= 15 is 0 Å². The van der Waals surface area contributed by atoms with Crippen molar-refractivity contribution >= 4 is 5.91 Å². The third-order valence-corrected chi connectivity index (χ3v) is 16.7. The quantitative estimate of drug-likeness (QED) is 0.0330. The minimum atomic E-state index is -1.55. The molecule has 1 aliphatic heterocycles. The van der Waals surface area contributed by atoms with Crippen LogP contribution >= 0.6 is 0 Å². The minimum Gasteiger partial charge on any atom is -0.394 e. The molecule has 7 atom stereocenters. The predicted octanol–water partition coefficient (Wildman–Crippen LogP) is 17.8. The second-order valence-electron chi connectivity index (χ2n) is 24.0. The number of carbonyl (C=O) groups excluding carboxylic acids is 1. The molecule has 1 amide bonds. The van der Waals surface area contributed by atoms with Crippen molar-refractivity contribution in [3.05, 3.63) is 0 Å². The number of aliphatic hydroxyl groups is 5. The lowest BCUT2D eigenvalue weighted by atomic mass is 9.99. The molecule has 0 bridgehead atoms. The SMILES string of the molecule is CCCCCCCCCCCCCCCCCCCCCCCCCCCCCCC(O)C(COC1OC(CO)C(O)C(O)C1O)NC(=O)CCCCCCCCCCCCCCCCCCCCCCCCCC. The molecule has 0 aromatic carbocycles. The van der Waals surface area contributed by atoms with Crippen LogP contribution in [0.2, 0.25) is 0 Å². The summed E-state index contributed by atoms with van der Waals surface area (Å²) in [6.07, 6.45) is 63.1. The zero-order chi connectivity index (χ0) is 54.3. The molecular weight excluding hydrogens is 935 g/mol. The van der Waals surface area contributed by atoms with Gasteiger partial charge in [-0.1, -0.05) is 341 Å². The molecule has 1 heterocycles. The van der Waals surface area contributed by atoms with E-state index in [0.717, 1.165) is 38.5 Å². The summed E-state index contributed by atoms with van der Waals surface area (Å²) in [6.45, 7) is 3.91. The summed E-state index contributed by atoms with van der Waals surface area (Å²) in [6, 6.07) is -0.715. The highest BCUT2D eigenvalue weighted by Crippen LogP contribution is 2.24. The predicted molar refractivity (Wildman–Crippen MR) is 318 cm³/mol. The van der Waals surface area contributed by atoms with Gasteiger partial charge in [-0.2, -0.15) is 0 Å². The summed E-state index contributed by atoms with van der Waals surface area (Å²) in [5.41, 5.74) is 0. The largest absolute Gasteiger partial charge is 0.394 e. The molecule has 0 aromatic rings. The Morgan fingerprint density at radius 1 is 0.400 bits per heavy atom. The van der Waals surface area contributed by atoms with E-state index in [1.165, 1.54) is 295 Å². The second-order valence-corrected chi connectivity index (χ2v) is 24.0. The van der Waals surface area contributed by atoms with E-state index in [-0.39, 0.29) is 12.5 Å². The molecule has 0 radical (unpaired) electrons. The minimum absolute atomic E-state index is 0.130. The number of carbonyl (C=O) groups is 1. The molecule has 1 saturated heterocycles. The van der Waals surface area contributed by atoms with Crippen LogP contribution in [0.5, 0.6) is 0 Å². The maximum Gasteiger partial charge on any atom is 0.220 e. The molecule has 1 fully saturated rings. The summed E-state index contributed by atoms with van der Waals surface area (Å²) in [4.78, 5) is 13.1. The van der Waals surface area contributed by atoms with Crippen LogP contribution in [0.3, 0.4) is 0 Å². The molecule has 448 valence electrons. The van der Waals surface area contributed by atoms with Gasteiger partial charge in [-0.05, 0) is 12.8 Å². The molecule has 75 heavy (non-hydrogen) atoms. The monoisotopic (exact) mass is 1070 g/mol. The van der Waals surface area contributed by atoms with Crippen LogP contribution in [0.15, 0.2) is 0 Å². The van der Waals surface area contributed by atoms with Gasteiger partial charge >= 0.3 is 0 Å². The van der Waals surface area contributed by atoms with E-state index in [9.17, 15) is 30.3 Å². The molecule has 0 spiro atoms. The van der Waals surface area contributed by atoms with Crippen LogP contribution in [0.4, 0.5) is 0 Å². The average molecular weight is 1070 g/mol. The first-order valence-corrected chi connectivity index (χ1v) is 33.7. The van der Waals surface area contributed by atoms with Crippen LogP contribution in [-0.4, -0.2) is 87.5 Å². The number of nitrogens with one attached hydrogen (secondary N) is 1. The molecule has 9 heteroatoms. The lowest BCUT2D eigenvalue weighted by Crippen LogP contribution is -2.60. The van der Waals surface area contributed by atoms with Gasteiger partial charge in [0.1, 0.15) is 24.4 Å². The van der Waals surface area contributed by atoms with E-state index in [2.05, 4.69) is 19.2 Å². The molecule has 7 unspecified atom stereocenters. The lowest BCUT2D eigenvalue weighted by molar-refractivity contribution is -0.302. The van der Waals surface area contributed by atoms with Crippen LogP contribution < -0.4 is 5.32 Å². The Balaban J connectivity index is 2.12. The third-order valence-electron chi connectivity index (χ3n) is 16.7. The molecule has 0 aromatic heterocycles. The van der Waals surface area contributed by atoms with Gasteiger partial charge in [0.25, 0.3) is 0 Å². The summed E-state index contributed by atoms with van der Waals surface area (Å²) in [5.74, 6) is -0.134. The molecule has 9 nitrogen and oxygen atoms in total. The first-order chi connectivity index (χ1) is 36.8. The van der Waals surface area contributed by atoms with Gasteiger partial charge in [-0.25, -0.2) is 0 Å². The van der Waals surface area contributed by atoms with E-state index in [0.29, 0.717) is 12.8 Å². The fraction of sp³-hybridized carbons (Fsp3) is 0.985. The van der Waals surface area contributed by atoms with E-state index in [1.54, 1.807) is 0 Å². The maximum absolute atomic E-state index is 13.1. The number of rotatable bonds is 60. The molecule has 1 aliphatic rings. The highest BCUT2D eigenvalue weighted by atomic mass is 16.7. The van der Waals surface area contributed by atoms with Crippen molar-refractivity contribution in [2.45, 2.75) is 403 Å². The summed E-state index contributed by atoms with van der Waals surface area (Å²) < 4.78 is 11.4. The normalized spacial score (nSPS) is 18.7. The molecule has 0 saturated carbocycles. The van der Waals surface area contributed by atoms with E-state index in [4.69, 9.17) is 9.47 Å². The Labute approximate surface area is 465 Å². The van der Waals surface area contributed by atoms with Crippen molar-refractivity contribution < 1.29 is 39.8 Å². The smallest absolute Gasteiger partial charge is 0.220 e. The van der Waals surface area contributed by atoms with Crippen LogP contribution in [0.25, 0.3) is 0 Å². The van der Waals surface area contributed by atoms with Gasteiger partial charge in [0.05, 0.1) is 25.4 Å². The van der Waals surface area contributed by atoms with Gasteiger partial charge < -0.3 is 40.3 Å². The first kappa shape index (κ1) is 72.2. The number of aliphatic hydroxyl groups excluding tert-OH is 5. The first-order valence-electron chi connectivity index (χ1n) is 33.7. The van der Waals surface area contributed by atoms with E-state index in [1.807, 2.05) is 0 Å². The van der Waals surface area contributed by atoms with Crippen LogP contribution in [-0.2, 0) is 14.3 Å². The van der Waals surface area contributed by atoms with Gasteiger partial charge in [0.2, 0.25) is 5.91 Å². The number of ether oxygens (including phenoxy) is 2. The Hall–Kier alpha value is -0.810. The number of hydrogen-bond acceptors (Lipinski definition) is 8. The molecule has 1 rings (SSSR count). The third kappa shape index (κ3) is 45.6. The van der Waals surface area contributed by atoms with Crippen molar-refractivity contribution in [2.24, 2.45) is 0 Å². The standard InChI is InChI=1S/C66H131NO8/c1-3-5-7-9-11-13-15-17-19-21-23-25-27-29-30-31-32-33-35-37-39-41-43-45-47-49-51-53-55-60(69)59(58-74-66-65(73)64(72)63(71)61(57-68)75-66)67-62(70)56-54-52-50-48-46-44-42-40-38-36-34-28-26-24-22-20-18-16-14-12-10-8-6-4-2/h59-61,63-66,68-69,71-73H,3-58H2,1-2H3,(H,67,70). The van der Waals surface area contributed by atoms with Gasteiger partial charge in [0, 0.05) is 6.42 Å². The zero-order valence-corrected chi connectivity index (χ0v) is 50.1. The lowest BCUT2D eigenvalue weighted by Gasteiger charge is -2.40. The average Bonchev–Trinajstić information content (AvgIpc) is 3.41. The van der Waals surface area contributed by atoms with Gasteiger partial charge in [0.15, 0.2) is 6.29 Å². The molecule has 0 aliphatic carbocycles. The maximum atomic E-state index is 13.1.